The van der Waals surface area contributed by atoms with Crippen molar-refractivity contribution in [3.8, 4) is 0 Å². The van der Waals surface area contributed by atoms with Gasteiger partial charge >= 0.3 is 0 Å². The molecule has 1 atom stereocenters. The molecule has 1 heterocycles. The number of benzene rings is 1. The van der Waals surface area contributed by atoms with Crippen molar-refractivity contribution in [2.45, 2.75) is 30.0 Å². The zero-order valence-corrected chi connectivity index (χ0v) is 10.1. The van der Waals surface area contributed by atoms with Crippen molar-refractivity contribution in [3.63, 3.8) is 0 Å². The number of carbonyl (C=O) groups is 1. The summed E-state index contributed by atoms with van der Waals surface area (Å²) in [5.41, 5.74) is 0.830. The van der Waals surface area contributed by atoms with Crippen LogP contribution in [0, 0.1) is 0 Å². The summed E-state index contributed by atoms with van der Waals surface area (Å²) >= 11 is 1.78. The molecule has 1 aliphatic heterocycles. The summed E-state index contributed by atoms with van der Waals surface area (Å²) < 4.78 is 0. The Morgan fingerprint density at radius 2 is 2.07 bits per heavy atom. The number of hydrogen-bond acceptors (Lipinski definition) is 2. The van der Waals surface area contributed by atoms with E-state index in [4.69, 9.17) is 0 Å². The third-order valence-corrected chi connectivity index (χ3v) is 4.70. The lowest BCUT2D eigenvalue weighted by Gasteiger charge is -2.41. The minimum atomic E-state index is -0.106. The Balaban J connectivity index is 2.50. The van der Waals surface area contributed by atoms with Gasteiger partial charge in [0.25, 0.3) is 5.91 Å². The van der Waals surface area contributed by atoms with Crippen molar-refractivity contribution in [3.05, 3.63) is 29.8 Å². The average molecular weight is 221 g/mol. The van der Waals surface area contributed by atoms with Crippen molar-refractivity contribution in [2.24, 2.45) is 0 Å². The molecule has 3 heteroatoms. The van der Waals surface area contributed by atoms with Crippen LogP contribution in [0.25, 0.3) is 0 Å². The Bertz CT molecular complexity index is 404. The van der Waals surface area contributed by atoms with E-state index >= 15 is 0 Å². The quantitative estimate of drug-likeness (QED) is 0.726. The van der Waals surface area contributed by atoms with E-state index in [9.17, 15) is 4.79 Å². The second kappa shape index (κ2) is 3.56. The molecular formula is C12H15NOS. The van der Waals surface area contributed by atoms with Crippen molar-refractivity contribution >= 4 is 17.7 Å². The number of fused-ring (bicyclic) bond motifs is 1. The zero-order chi connectivity index (χ0) is 11.1. The SMILES string of the molecule is CCC1(C)Sc2ccccc2C(=O)N1C. The van der Waals surface area contributed by atoms with Gasteiger partial charge in [-0.05, 0) is 25.5 Å². The van der Waals surface area contributed by atoms with Crippen molar-refractivity contribution in [2.75, 3.05) is 7.05 Å². The minimum absolute atomic E-state index is 0.106. The van der Waals surface area contributed by atoms with Crippen molar-refractivity contribution in [1.82, 2.24) is 4.90 Å². The molecular weight excluding hydrogens is 206 g/mol. The van der Waals surface area contributed by atoms with Gasteiger partial charge in [0.1, 0.15) is 0 Å². The summed E-state index contributed by atoms with van der Waals surface area (Å²) in [5.74, 6) is 0.133. The molecule has 0 N–H and O–H groups in total. The predicted octanol–water partition coefficient (Wildman–Crippen LogP) is 2.99. The minimum Gasteiger partial charge on any atom is -0.327 e. The highest BCUT2D eigenvalue weighted by molar-refractivity contribution is 8.00. The van der Waals surface area contributed by atoms with Gasteiger partial charge in [-0.3, -0.25) is 4.79 Å². The van der Waals surface area contributed by atoms with E-state index in [1.807, 2.05) is 36.2 Å². The van der Waals surface area contributed by atoms with E-state index < -0.39 is 0 Å². The summed E-state index contributed by atoms with van der Waals surface area (Å²) in [5, 5.41) is 0. The highest BCUT2D eigenvalue weighted by Crippen LogP contribution is 2.43. The standard InChI is InChI=1S/C12H15NOS/c1-4-12(2)13(3)11(14)9-7-5-6-8-10(9)15-12/h5-8H,4H2,1-3H3. The predicted molar refractivity (Wildman–Crippen MR) is 63.1 cm³/mol. The van der Waals surface area contributed by atoms with Crippen LogP contribution in [-0.2, 0) is 0 Å². The molecule has 80 valence electrons. The van der Waals surface area contributed by atoms with Gasteiger partial charge in [-0.1, -0.05) is 30.8 Å². The lowest BCUT2D eigenvalue weighted by molar-refractivity contribution is 0.0697. The van der Waals surface area contributed by atoms with Gasteiger partial charge in [0, 0.05) is 11.9 Å². The number of carbonyl (C=O) groups excluding carboxylic acids is 1. The fourth-order valence-corrected chi connectivity index (χ4v) is 2.99. The van der Waals surface area contributed by atoms with E-state index in [1.54, 1.807) is 11.8 Å². The van der Waals surface area contributed by atoms with Gasteiger partial charge < -0.3 is 4.90 Å². The smallest absolute Gasteiger partial charge is 0.255 e. The molecule has 2 rings (SSSR count). The molecule has 0 fully saturated rings. The van der Waals surface area contributed by atoms with Crippen LogP contribution in [0.2, 0.25) is 0 Å². The van der Waals surface area contributed by atoms with Crippen molar-refractivity contribution < 1.29 is 4.79 Å². The van der Waals surface area contributed by atoms with Crippen LogP contribution in [0.3, 0.4) is 0 Å². The molecule has 0 radical (unpaired) electrons. The molecule has 0 aliphatic carbocycles. The van der Waals surface area contributed by atoms with Crippen LogP contribution in [0.1, 0.15) is 30.6 Å². The number of rotatable bonds is 1. The van der Waals surface area contributed by atoms with Crippen LogP contribution in [0.15, 0.2) is 29.2 Å². The first-order valence-corrected chi connectivity index (χ1v) is 5.96. The van der Waals surface area contributed by atoms with Gasteiger partial charge in [-0.25, -0.2) is 0 Å². The maximum Gasteiger partial charge on any atom is 0.255 e. The lowest BCUT2D eigenvalue weighted by atomic mass is 10.1. The van der Waals surface area contributed by atoms with Crippen LogP contribution in [0.5, 0.6) is 0 Å². The topological polar surface area (TPSA) is 20.3 Å². The molecule has 0 saturated heterocycles. The first kappa shape index (κ1) is 10.6. The summed E-state index contributed by atoms with van der Waals surface area (Å²) in [6, 6.07) is 7.83. The zero-order valence-electron chi connectivity index (χ0n) is 9.28. The number of thioether (sulfide) groups is 1. The third kappa shape index (κ3) is 1.55. The summed E-state index contributed by atoms with van der Waals surface area (Å²) in [4.78, 5) is 14.9. The summed E-state index contributed by atoms with van der Waals surface area (Å²) in [6.07, 6.45) is 0.953. The Hall–Kier alpha value is -0.960. The molecule has 0 aromatic heterocycles. The van der Waals surface area contributed by atoms with E-state index in [0.29, 0.717) is 0 Å². The second-order valence-corrected chi connectivity index (χ2v) is 5.51. The molecule has 0 bridgehead atoms. The largest absolute Gasteiger partial charge is 0.327 e. The molecule has 0 spiro atoms. The molecule has 1 amide bonds. The van der Waals surface area contributed by atoms with Crippen molar-refractivity contribution in [1.29, 1.82) is 0 Å². The molecule has 15 heavy (non-hydrogen) atoms. The van der Waals surface area contributed by atoms with E-state index in [-0.39, 0.29) is 10.8 Å². The monoisotopic (exact) mass is 221 g/mol. The van der Waals surface area contributed by atoms with Gasteiger partial charge in [0.15, 0.2) is 0 Å². The number of nitrogens with zero attached hydrogens (tertiary/aromatic N) is 1. The molecule has 2 nitrogen and oxygen atoms in total. The van der Waals surface area contributed by atoms with Crippen LogP contribution in [-0.4, -0.2) is 22.7 Å². The van der Waals surface area contributed by atoms with Gasteiger partial charge in [0.05, 0.1) is 10.4 Å². The van der Waals surface area contributed by atoms with Gasteiger partial charge in [-0.15, -0.1) is 0 Å². The number of amides is 1. The van der Waals surface area contributed by atoms with E-state index in [0.717, 1.165) is 16.9 Å². The first-order chi connectivity index (χ1) is 7.08. The van der Waals surface area contributed by atoms with E-state index in [1.165, 1.54) is 0 Å². The fourth-order valence-electron chi connectivity index (χ4n) is 1.74. The van der Waals surface area contributed by atoms with Crippen LogP contribution >= 0.6 is 11.8 Å². The average Bonchev–Trinajstić information content (AvgIpc) is 2.26. The third-order valence-electron chi connectivity index (χ3n) is 3.12. The van der Waals surface area contributed by atoms with Crippen LogP contribution in [0.4, 0.5) is 0 Å². The second-order valence-electron chi connectivity index (χ2n) is 3.99. The Morgan fingerprint density at radius 1 is 1.40 bits per heavy atom. The first-order valence-electron chi connectivity index (χ1n) is 5.14. The molecule has 1 aromatic carbocycles. The normalized spacial score (nSPS) is 25.3. The highest BCUT2D eigenvalue weighted by atomic mass is 32.2. The molecule has 1 aliphatic rings. The summed E-state index contributed by atoms with van der Waals surface area (Å²) in [6.45, 7) is 4.23. The Labute approximate surface area is 94.7 Å². The summed E-state index contributed by atoms with van der Waals surface area (Å²) in [7, 11) is 1.88. The Morgan fingerprint density at radius 3 is 2.73 bits per heavy atom. The van der Waals surface area contributed by atoms with Gasteiger partial charge in [0.2, 0.25) is 0 Å². The maximum absolute atomic E-state index is 12.1. The molecule has 1 unspecified atom stereocenters. The van der Waals surface area contributed by atoms with Gasteiger partial charge in [-0.2, -0.15) is 0 Å². The van der Waals surface area contributed by atoms with Crippen LogP contribution < -0.4 is 0 Å². The Kier molecular flexibility index (Phi) is 2.51. The lowest BCUT2D eigenvalue weighted by Crippen LogP contribution is -2.47. The molecule has 1 aromatic rings. The van der Waals surface area contributed by atoms with E-state index in [2.05, 4.69) is 13.8 Å². The maximum atomic E-state index is 12.1. The fraction of sp³-hybridized carbons (Fsp3) is 0.417. The number of hydrogen-bond donors (Lipinski definition) is 0. The highest BCUT2D eigenvalue weighted by Gasteiger charge is 2.38. The molecule has 0 saturated carbocycles.